The summed E-state index contributed by atoms with van der Waals surface area (Å²) < 4.78 is 13.6. The van der Waals surface area contributed by atoms with Gasteiger partial charge in [0.1, 0.15) is 11.5 Å². The molecule has 0 atom stereocenters. The third-order valence-electron chi connectivity index (χ3n) is 3.64. The first-order valence-electron chi connectivity index (χ1n) is 7.24. The van der Waals surface area contributed by atoms with Crippen molar-refractivity contribution in [2.24, 2.45) is 0 Å². The molecule has 3 aromatic rings. The molecule has 112 valence electrons. The third-order valence-corrected chi connectivity index (χ3v) is 3.64. The van der Waals surface area contributed by atoms with E-state index in [1.54, 1.807) is 18.2 Å². The zero-order valence-electron chi connectivity index (χ0n) is 12.3. The second kappa shape index (κ2) is 6.02. The summed E-state index contributed by atoms with van der Waals surface area (Å²) in [4.78, 5) is 15.1. The standard InChI is InChI=1S/C18H17FN2O/c1-12-4-2-5-13(10-12)8-9-20-18(22)17-11-14-15(19)6-3-7-16(14)21-17/h2-7,10-11,21H,8-9H2,1H3,(H,20,22). The first-order chi connectivity index (χ1) is 10.6. The maximum absolute atomic E-state index is 13.6. The minimum Gasteiger partial charge on any atom is -0.350 e. The van der Waals surface area contributed by atoms with E-state index in [9.17, 15) is 9.18 Å². The van der Waals surface area contributed by atoms with E-state index < -0.39 is 0 Å². The highest BCUT2D eigenvalue weighted by molar-refractivity contribution is 5.98. The van der Waals surface area contributed by atoms with Crippen LogP contribution in [-0.4, -0.2) is 17.4 Å². The number of hydrogen-bond acceptors (Lipinski definition) is 1. The number of aryl methyl sites for hydroxylation is 1. The van der Waals surface area contributed by atoms with Crippen LogP contribution in [0.5, 0.6) is 0 Å². The van der Waals surface area contributed by atoms with Gasteiger partial charge in [-0.3, -0.25) is 4.79 Å². The van der Waals surface area contributed by atoms with Gasteiger partial charge < -0.3 is 10.3 Å². The van der Waals surface area contributed by atoms with E-state index in [4.69, 9.17) is 0 Å². The Balaban J connectivity index is 1.65. The van der Waals surface area contributed by atoms with E-state index in [0.717, 1.165) is 6.42 Å². The van der Waals surface area contributed by atoms with Crippen LogP contribution in [-0.2, 0) is 6.42 Å². The van der Waals surface area contributed by atoms with Crippen molar-refractivity contribution in [2.75, 3.05) is 6.54 Å². The maximum atomic E-state index is 13.6. The number of carbonyl (C=O) groups is 1. The van der Waals surface area contributed by atoms with Crippen molar-refractivity contribution in [1.82, 2.24) is 10.3 Å². The number of benzene rings is 2. The predicted octanol–water partition coefficient (Wildman–Crippen LogP) is 3.59. The molecule has 0 unspecified atom stereocenters. The normalized spacial score (nSPS) is 10.8. The topological polar surface area (TPSA) is 44.9 Å². The van der Waals surface area contributed by atoms with Crippen molar-refractivity contribution in [3.8, 4) is 0 Å². The third kappa shape index (κ3) is 3.01. The summed E-state index contributed by atoms with van der Waals surface area (Å²) in [5.74, 6) is -0.546. The second-order valence-electron chi connectivity index (χ2n) is 5.38. The van der Waals surface area contributed by atoms with Crippen molar-refractivity contribution in [3.63, 3.8) is 0 Å². The van der Waals surface area contributed by atoms with Gasteiger partial charge in [0.25, 0.3) is 5.91 Å². The number of aromatic amines is 1. The predicted molar refractivity (Wildman–Crippen MR) is 85.5 cm³/mol. The summed E-state index contributed by atoms with van der Waals surface area (Å²) >= 11 is 0. The van der Waals surface area contributed by atoms with Crippen molar-refractivity contribution in [2.45, 2.75) is 13.3 Å². The monoisotopic (exact) mass is 296 g/mol. The summed E-state index contributed by atoms with van der Waals surface area (Å²) in [6, 6.07) is 14.5. The zero-order chi connectivity index (χ0) is 15.5. The van der Waals surface area contributed by atoms with E-state index in [1.165, 1.54) is 17.2 Å². The first-order valence-corrected chi connectivity index (χ1v) is 7.24. The van der Waals surface area contributed by atoms with Crippen LogP contribution in [0, 0.1) is 12.7 Å². The van der Waals surface area contributed by atoms with Crippen LogP contribution < -0.4 is 5.32 Å². The lowest BCUT2D eigenvalue weighted by molar-refractivity contribution is 0.0950. The van der Waals surface area contributed by atoms with Gasteiger partial charge >= 0.3 is 0 Å². The minimum absolute atomic E-state index is 0.219. The Morgan fingerprint density at radius 1 is 1.18 bits per heavy atom. The van der Waals surface area contributed by atoms with E-state index in [-0.39, 0.29) is 11.7 Å². The fourth-order valence-electron chi connectivity index (χ4n) is 2.52. The molecule has 22 heavy (non-hydrogen) atoms. The molecule has 0 radical (unpaired) electrons. The Labute approximate surface area is 128 Å². The second-order valence-corrected chi connectivity index (χ2v) is 5.38. The van der Waals surface area contributed by atoms with E-state index in [0.29, 0.717) is 23.1 Å². The highest BCUT2D eigenvalue weighted by atomic mass is 19.1. The Kier molecular flexibility index (Phi) is 3.92. The Hall–Kier alpha value is -2.62. The summed E-state index contributed by atoms with van der Waals surface area (Å²) in [5.41, 5.74) is 3.39. The molecule has 2 aromatic carbocycles. The van der Waals surface area contributed by atoms with Gasteiger partial charge in [0.15, 0.2) is 0 Å². The van der Waals surface area contributed by atoms with Crippen LogP contribution in [0.1, 0.15) is 21.6 Å². The number of nitrogens with one attached hydrogen (secondary N) is 2. The SMILES string of the molecule is Cc1cccc(CCNC(=O)c2cc3c(F)cccc3[nH]2)c1. The number of hydrogen-bond donors (Lipinski definition) is 2. The van der Waals surface area contributed by atoms with Crippen molar-refractivity contribution in [3.05, 3.63) is 71.2 Å². The van der Waals surface area contributed by atoms with Crippen molar-refractivity contribution in [1.29, 1.82) is 0 Å². The molecular weight excluding hydrogens is 279 g/mol. The summed E-state index contributed by atoms with van der Waals surface area (Å²) in [6.45, 7) is 2.58. The molecule has 0 saturated heterocycles. The Morgan fingerprint density at radius 3 is 2.77 bits per heavy atom. The average Bonchev–Trinajstić information content (AvgIpc) is 2.93. The number of amides is 1. The number of rotatable bonds is 4. The maximum Gasteiger partial charge on any atom is 0.267 e. The fourth-order valence-corrected chi connectivity index (χ4v) is 2.52. The van der Waals surface area contributed by atoms with Crippen molar-refractivity contribution >= 4 is 16.8 Å². The molecule has 0 spiro atoms. The summed E-state index contributed by atoms with van der Waals surface area (Å²) in [5, 5.41) is 3.29. The molecule has 3 rings (SSSR count). The van der Waals surface area contributed by atoms with Gasteiger partial charge in [-0.25, -0.2) is 4.39 Å². The van der Waals surface area contributed by atoms with Gasteiger partial charge in [-0.1, -0.05) is 35.9 Å². The molecule has 1 aromatic heterocycles. The Morgan fingerprint density at radius 2 is 2.00 bits per heavy atom. The van der Waals surface area contributed by atoms with Gasteiger partial charge in [-0.2, -0.15) is 0 Å². The molecule has 0 aliphatic rings. The Bertz CT molecular complexity index is 823. The molecule has 3 nitrogen and oxygen atoms in total. The highest BCUT2D eigenvalue weighted by Crippen LogP contribution is 2.18. The molecular formula is C18H17FN2O. The number of carbonyl (C=O) groups excluding carboxylic acids is 1. The van der Waals surface area contributed by atoms with Gasteiger partial charge in [0.05, 0.1) is 0 Å². The molecule has 0 saturated carbocycles. The largest absolute Gasteiger partial charge is 0.350 e. The lowest BCUT2D eigenvalue weighted by Gasteiger charge is -2.04. The van der Waals surface area contributed by atoms with Crippen LogP contribution in [0.15, 0.2) is 48.5 Å². The smallest absolute Gasteiger partial charge is 0.267 e. The fraction of sp³-hybridized carbons (Fsp3) is 0.167. The van der Waals surface area contributed by atoms with E-state index in [1.807, 2.05) is 25.1 Å². The molecule has 4 heteroatoms. The zero-order valence-corrected chi connectivity index (χ0v) is 12.3. The van der Waals surface area contributed by atoms with E-state index >= 15 is 0 Å². The van der Waals surface area contributed by atoms with E-state index in [2.05, 4.69) is 16.4 Å². The van der Waals surface area contributed by atoms with Gasteiger partial charge in [-0.05, 0) is 37.1 Å². The minimum atomic E-state index is -0.326. The number of fused-ring (bicyclic) bond motifs is 1. The summed E-state index contributed by atoms with van der Waals surface area (Å²) in [7, 11) is 0. The molecule has 0 bridgehead atoms. The molecule has 1 amide bonds. The van der Waals surface area contributed by atoms with Crippen LogP contribution in [0.25, 0.3) is 10.9 Å². The van der Waals surface area contributed by atoms with Gasteiger partial charge in [-0.15, -0.1) is 0 Å². The quantitative estimate of drug-likeness (QED) is 0.759. The van der Waals surface area contributed by atoms with Crippen LogP contribution in [0.4, 0.5) is 4.39 Å². The van der Waals surface area contributed by atoms with Crippen LogP contribution in [0.2, 0.25) is 0 Å². The van der Waals surface area contributed by atoms with Gasteiger partial charge in [0, 0.05) is 17.4 Å². The molecule has 0 aliphatic heterocycles. The highest BCUT2D eigenvalue weighted by Gasteiger charge is 2.11. The lowest BCUT2D eigenvalue weighted by atomic mass is 10.1. The molecule has 2 N–H and O–H groups in total. The van der Waals surface area contributed by atoms with Gasteiger partial charge in [0.2, 0.25) is 0 Å². The van der Waals surface area contributed by atoms with Crippen LogP contribution >= 0.6 is 0 Å². The number of halogens is 1. The summed E-state index contributed by atoms with van der Waals surface area (Å²) in [6.07, 6.45) is 0.766. The number of aromatic nitrogens is 1. The molecule has 1 heterocycles. The number of H-pyrrole nitrogens is 1. The van der Waals surface area contributed by atoms with Crippen molar-refractivity contribution < 1.29 is 9.18 Å². The molecule has 0 fully saturated rings. The first kappa shape index (κ1) is 14.3. The molecule has 0 aliphatic carbocycles. The van der Waals surface area contributed by atoms with Crippen LogP contribution in [0.3, 0.4) is 0 Å². The lowest BCUT2D eigenvalue weighted by Crippen LogP contribution is -2.25. The average molecular weight is 296 g/mol.